The Morgan fingerprint density at radius 1 is 1.05 bits per heavy atom. The summed E-state index contributed by atoms with van der Waals surface area (Å²) in [6.45, 7) is 7.89. The van der Waals surface area contributed by atoms with E-state index in [1.807, 2.05) is 33.8 Å². The fraction of sp³-hybridized carbons (Fsp3) is 0.400. The third-order valence-electron chi connectivity index (χ3n) is 3.07. The zero-order chi connectivity index (χ0) is 15.1. The van der Waals surface area contributed by atoms with Gasteiger partial charge in [-0.05, 0) is 31.2 Å². The molecule has 0 N–H and O–H groups in total. The smallest absolute Gasteiger partial charge is 0.238 e. The number of halogens is 3. The summed E-state index contributed by atoms with van der Waals surface area (Å²) in [5.74, 6) is 0. The van der Waals surface area contributed by atoms with E-state index in [-0.39, 0.29) is 5.41 Å². The fourth-order valence-corrected chi connectivity index (χ4v) is 1.92. The Bertz CT molecular complexity index is 619. The third kappa shape index (κ3) is 2.86. The molecule has 2 nitrogen and oxygen atoms in total. The topological polar surface area (TPSA) is 17.8 Å². The Balaban J connectivity index is 2.50. The molecule has 0 aliphatic rings. The highest BCUT2D eigenvalue weighted by atomic mass is 19.4. The van der Waals surface area contributed by atoms with Crippen LogP contribution < -0.4 is 0 Å². The van der Waals surface area contributed by atoms with Crippen molar-refractivity contribution in [1.82, 2.24) is 9.78 Å². The van der Waals surface area contributed by atoms with Crippen molar-refractivity contribution in [2.45, 2.75) is 39.3 Å². The van der Waals surface area contributed by atoms with Gasteiger partial charge < -0.3 is 0 Å². The highest BCUT2D eigenvalue weighted by Crippen LogP contribution is 2.31. The summed E-state index contributed by atoms with van der Waals surface area (Å²) < 4.78 is 39.8. The Morgan fingerprint density at radius 2 is 1.70 bits per heavy atom. The second-order valence-electron chi connectivity index (χ2n) is 5.88. The average molecular weight is 282 g/mol. The number of aromatic nitrogens is 2. The molecular weight excluding hydrogens is 265 g/mol. The van der Waals surface area contributed by atoms with E-state index < -0.39 is 11.7 Å². The molecule has 0 bridgehead atoms. The number of hydrogen-bond donors (Lipinski definition) is 0. The van der Waals surface area contributed by atoms with Crippen LogP contribution in [0.5, 0.6) is 0 Å². The first-order valence-electron chi connectivity index (χ1n) is 6.34. The normalized spacial score (nSPS) is 12.8. The van der Waals surface area contributed by atoms with Crippen LogP contribution in [0.1, 0.15) is 37.7 Å². The van der Waals surface area contributed by atoms with Crippen molar-refractivity contribution in [1.29, 1.82) is 0 Å². The van der Waals surface area contributed by atoms with Gasteiger partial charge in [0.1, 0.15) is 0 Å². The van der Waals surface area contributed by atoms with Crippen molar-refractivity contribution in [3.05, 3.63) is 47.3 Å². The van der Waals surface area contributed by atoms with Gasteiger partial charge in [-0.25, -0.2) is 4.68 Å². The molecule has 0 spiro atoms. The first kappa shape index (κ1) is 14.6. The molecule has 0 aliphatic heterocycles. The summed E-state index contributed by atoms with van der Waals surface area (Å²) >= 11 is 0. The molecule has 108 valence electrons. The van der Waals surface area contributed by atoms with Crippen molar-refractivity contribution in [2.75, 3.05) is 0 Å². The molecule has 2 rings (SSSR count). The van der Waals surface area contributed by atoms with Gasteiger partial charge in [0.25, 0.3) is 0 Å². The number of alkyl halides is 3. The SMILES string of the molecule is Cc1cc(C(C)(C)C)nn1-c1cccc(C(F)(F)F)c1. The number of benzene rings is 1. The van der Waals surface area contributed by atoms with Crippen molar-refractivity contribution in [3.63, 3.8) is 0 Å². The predicted molar refractivity (Wildman–Crippen MR) is 72.0 cm³/mol. The monoisotopic (exact) mass is 282 g/mol. The molecule has 20 heavy (non-hydrogen) atoms. The largest absolute Gasteiger partial charge is 0.416 e. The van der Waals surface area contributed by atoms with Gasteiger partial charge in [0.15, 0.2) is 0 Å². The summed E-state index contributed by atoms with van der Waals surface area (Å²) in [6.07, 6.45) is -4.34. The molecule has 0 fully saturated rings. The van der Waals surface area contributed by atoms with Gasteiger partial charge in [-0.1, -0.05) is 26.8 Å². The van der Waals surface area contributed by atoms with Crippen LogP contribution in [-0.4, -0.2) is 9.78 Å². The summed E-state index contributed by atoms with van der Waals surface area (Å²) in [6, 6.07) is 7.11. The molecule has 0 saturated carbocycles. The zero-order valence-corrected chi connectivity index (χ0v) is 11.9. The van der Waals surface area contributed by atoms with Gasteiger partial charge in [0, 0.05) is 11.1 Å². The van der Waals surface area contributed by atoms with E-state index in [4.69, 9.17) is 0 Å². The minimum atomic E-state index is -4.34. The van der Waals surface area contributed by atoms with E-state index >= 15 is 0 Å². The lowest BCUT2D eigenvalue weighted by molar-refractivity contribution is -0.137. The number of nitrogens with zero attached hydrogens (tertiary/aromatic N) is 2. The molecule has 1 heterocycles. The third-order valence-corrected chi connectivity index (χ3v) is 3.07. The van der Waals surface area contributed by atoms with E-state index in [2.05, 4.69) is 5.10 Å². The summed E-state index contributed by atoms with van der Waals surface area (Å²) in [5.41, 5.74) is 1.29. The Hall–Kier alpha value is -1.78. The summed E-state index contributed by atoms with van der Waals surface area (Å²) in [7, 11) is 0. The molecule has 0 unspecified atom stereocenters. The highest BCUT2D eigenvalue weighted by Gasteiger charge is 2.30. The van der Waals surface area contributed by atoms with Gasteiger partial charge in [-0.3, -0.25) is 0 Å². The molecule has 1 aromatic carbocycles. The van der Waals surface area contributed by atoms with Crippen LogP contribution in [0.2, 0.25) is 0 Å². The van der Waals surface area contributed by atoms with Crippen LogP contribution in [-0.2, 0) is 11.6 Å². The fourth-order valence-electron chi connectivity index (χ4n) is 1.92. The Labute approximate surface area is 116 Å². The van der Waals surface area contributed by atoms with Crippen LogP contribution in [0.25, 0.3) is 5.69 Å². The van der Waals surface area contributed by atoms with E-state index in [1.54, 1.807) is 10.7 Å². The quantitative estimate of drug-likeness (QED) is 0.753. The second-order valence-corrected chi connectivity index (χ2v) is 5.88. The van der Waals surface area contributed by atoms with E-state index in [1.165, 1.54) is 6.07 Å². The lowest BCUT2D eigenvalue weighted by Crippen LogP contribution is -2.13. The van der Waals surface area contributed by atoms with Crippen LogP contribution >= 0.6 is 0 Å². The first-order chi connectivity index (χ1) is 9.09. The van der Waals surface area contributed by atoms with Crippen molar-refractivity contribution in [3.8, 4) is 5.69 Å². The Kier molecular flexibility index (Phi) is 3.40. The molecule has 2 aromatic rings. The van der Waals surface area contributed by atoms with Gasteiger partial charge in [-0.2, -0.15) is 18.3 Å². The maximum Gasteiger partial charge on any atom is 0.416 e. The minimum absolute atomic E-state index is 0.141. The van der Waals surface area contributed by atoms with E-state index in [9.17, 15) is 13.2 Å². The molecule has 0 atom stereocenters. The van der Waals surface area contributed by atoms with Gasteiger partial charge in [0.2, 0.25) is 0 Å². The minimum Gasteiger partial charge on any atom is -0.238 e. The maximum atomic E-state index is 12.7. The predicted octanol–water partition coefficient (Wildman–Crippen LogP) is 4.50. The van der Waals surface area contributed by atoms with Gasteiger partial charge >= 0.3 is 6.18 Å². The zero-order valence-electron chi connectivity index (χ0n) is 11.9. The molecular formula is C15H17F3N2. The molecule has 0 aliphatic carbocycles. The number of rotatable bonds is 1. The van der Waals surface area contributed by atoms with Crippen molar-refractivity contribution < 1.29 is 13.2 Å². The van der Waals surface area contributed by atoms with Crippen LogP contribution in [0.15, 0.2) is 30.3 Å². The van der Waals surface area contributed by atoms with E-state index in [0.717, 1.165) is 23.5 Å². The Morgan fingerprint density at radius 3 is 2.20 bits per heavy atom. The van der Waals surface area contributed by atoms with Gasteiger partial charge in [0.05, 0.1) is 16.9 Å². The van der Waals surface area contributed by atoms with Gasteiger partial charge in [-0.15, -0.1) is 0 Å². The summed E-state index contributed by atoms with van der Waals surface area (Å²) in [4.78, 5) is 0. The molecule has 0 saturated heterocycles. The average Bonchev–Trinajstić information content (AvgIpc) is 2.70. The van der Waals surface area contributed by atoms with Crippen LogP contribution in [0.3, 0.4) is 0 Å². The van der Waals surface area contributed by atoms with Crippen LogP contribution in [0.4, 0.5) is 13.2 Å². The number of hydrogen-bond acceptors (Lipinski definition) is 1. The summed E-state index contributed by atoms with van der Waals surface area (Å²) in [5, 5.41) is 4.42. The molecule has 1 aromatic heterocycles. The molecule has 0 radical (unpaired) electrons. The van der Waals surface area contributed by atoms with Crippen molar-refractivity contribution in [2.24, 2.45) is 0 Å². The molecule has 0 amide bonds. The van der Waals surface area contributed by atoms with E-state index in [0.29, 0.717) is 5.69 Å². The maximum absolute atomic E-state index is 12.7. The first-order valence-corrected chi connectivity index (χ1v) is 6.34. The van der Waals surface area contributed by atoms with Crippen molar-refractivity contribution >= 4 is 0 Å². The van der Waals surface area contributed by atoms with Crippen LogP contribution in [0, 0.1) is 6.92 Å². The standard InChI is InChI=1S/C15H17F3N2/c1-10-8-13(14(2,3)4)19-20(10)12-7-5-6-11(9-12)15(16,17)18/h5-9H,1-4H3. The highest BCUT2D eigenvalue weighted by molar-refractivity contribution is 5.38. The lowest BCUT2D eigenvalue weighted by Gasteiger charge is -2.14. The molecule has 5 heteroatoms. The lowest BCUT2D eigenvalue weighted by atomic mass is 9.92. The second kappa shape index (κ2) is 4.65. The number of aryl methyl sites for hydroxylation is 1.